The Morgan fingerprint density at radius 3 is 2.54 bits per heavy atom. The highest BCUT2D eigenvalue weighted by molar-refractivity contribution is 5.75. The molecule has 1 aliphatic heterocycles. The minimum atomic E-state index is 0.650. The van der Waals surface area contributed by atoms with Gasteiger partial charge < -0.3 is 9.30 Å². The number of benzene rings is 2. The first kappa shape index (κ1) is 19.0. The van der Waals surface area contributed by atoms with Gasteiger partial charge in [-0.15, -0.1) is 0 Å². The van der Waals surface area contributed by atoms with Crippen molar-refractivity contribution >= 4 is 11.0 Å². The lowest BCUT2D eigenvalue weighted by atomic mass is 10.1. The van der Waals surface area contributed by atoms with Gasteiger partial charge in [-0.25, -0.2) is 4.98 Å². The molecular weight excluding hydrogens is 346 g/mol. The van der Waals surface area contributed by atoms with E-state index in [-0.39, 0.29) is 0 Å². The summed E-state index contributed by atoms with van der Waals surface area (Å²) in [4.78, 5) is 7.52. The molecule has 0 unspecified atom stereocenters. The number of aromatic nitrogens is 2. The summed E-state index contributed by atoms with van der Waals surface area (Å²) in [7, 11) is 0. The van der Waals surface area contributed by atoms with Crippen molar-refractivity contribution in [1.82, 2.24) is 14.5 Å². The lowest BCUT2D eigenvalue weighted by Crippen LogP contribution is -2.26. The number of ether oxygens (including phenoxy) is 1. The molecule has 0 amide bonds. The molecule has 0 bridgehead atoms. The minimum Gasteiger partial charge on any atom is -0.491 e. The molecule has 3 aromatic rings. The lowest BCUT2D eigenvalue weighted by Gasteiger charge is -2.20. The number of aryl methyl sites for hydroxylation is 2. The van der Waals surface area contributed by atoms with Crippen LogP contribution >= 0.6 is 0 Å². The van der Waals surface area contributed by atoms with Crippen LogP contribution in [0.2, 0.25) is 0 Å². The predicted molar refractivity (Wildman–Crippen MR) is 115 cm³/mol. The molecule has 4 rings (SSSR count). The lowest BCUT2D eigenvalue weighted by molar-refractivity contribution is 0.258. The van der Waals surface area contributed by atoms with E-state index in [1.165, 1.54) is 55.4 Å². The van der Waals surface area contributed by atoms with Crippen molar-refractivity contribution in [3.8, 4) is 5.75 Å². The van der Waals surface area contributed by atoms with Crippen LogP contribution in [0.25, 0.3) is 11.0 Å². The number of likely N-dealkylation sites (tertiary alicyclic amines) is 1. The number of para-hydroxylation sites is 2. The largest absolute Gasteiger partial charge is 0.491 e. The van der Waals surface area contributed by atoms with Crippen LogP contribution in [0, 0.1) is 13.8 Å². The topological polar surface area (TPSA) is 30.3 Å². The first-order valence-corrected chi connectivity index (χ1v) is 10.6. The normalized spacial score (nSPS) is 15.6. The highest BCUT2D eigenvalue weighted by Crippen LogP contribution is 2.21. The smallest absolute Gasteiger partial charge is 0.124 e. The summed E-state index contributed by atoms with van der Waals surface area (Å²) in [5.41, 5.74) is 4.75. The maximum Gasteiger partial charge on any atom is 0.124 e. The van der Waals surface area contributed by atoms with Gasteiger partial charge in [-0.3, -0.25) is 4.90 Å². The third-order valence-electron chi connectivity index (χ3n) is 5.70. The van der Waals surface area contributed by atoms with E-state index in [1.807, 2.05) is 0 Å². The molecule has 0 spiro atoms. The Hall–Kier alpha value is -2.33. The van der Waals surface area contributed by atoms with Crippen LogP contribution in [-0.4, -0.2) is 34.1 Å². The van der Waals surface area contributed by atoms with E-state index >= 15 is 0 Å². The maximum atomic E-state index is 6.12. The highest BCUT2D eigenvalue weighted by Gasteiger charge is 2.16. The molecule has 2 heterocycles. The fourth-order valence-corrected chi connectivity index (χ4v) is 4.20. The van der Waals surface area contributed by atoms with E-state index in [4.69, 9.17) is 9.72 Å². The van der Waals surface area contributed by atoms with Gasteiger partial charge in [-0.1, -0.05) is 42.7 Å². The molecular formula is C24H31N3O. The van der Waals surface area contributed by atoms with Crippen molar-refractivity contribution in [3.05, 3.63) is 59.4 Å². The monoisotopic (exact) mass is 377 g/mol. The summed E-state index contributed by atoms with van der Waals surface area (Å²) in [5, 5.41) is 0. The van der Waals surface area contributed by atoms with E-state index in [1.54, 1.807) is 0 Å². The standard InChI is InChI=1S/C24H31N3O/c1-19-11-12-23(20(2)17-19)28-16-15-27-22-10-6-5-9-21(22)25-24(27)18-26-13-7-3-4-8-14-26/h5-6,9-12,17H,3-4,7-8,13-16,18H2,1-2H3. The van der Waals surface area contributed by atoms with Crippen LogP contribution in [0.3, 0.4) is 0 Å². The number of fused-ring (bicyclic) bond motifs is 1. The Balaban J connectivity index is 1.51. The second kappa shape index (κ2) is 8.78. The second-order valence-electron chi connectivity index (χ2n) is 7.98. The van der Waals surface area contributed by atoms with E-state index in [0.717, 1.165) is 30.2 Å². The molecule has 1 saturated heterocycles. The molecule has 148 valence electrons. The van der Waals surface area contributed by atoms with Gasteiger partial charge in [0.25, 0.3) is 0 Å². The highest BCUT2D eigenvalue weighted by atomic mass is 16.5. The number of hydrogen-bond acceptors (Lipinski definition) is 3. The molecule has 28 heavy (non-hydrogen) atoms. The van der Waals surface area contributed by atoms with Gasteiger partial charge in [-0.05, 0) is 63.5 Å². The number of hydrogen-bond donors (Lipinski definition) is 0. The van der Waals surface area contributed by atoms with Crippen molar-refractivity contribution < 1.29 is 4.74 Å². The van der Waals surface area contributed by atoms with Crippen molar-refractivity contribution in [2.75, 3.05) is 19.7 Å². The molecule has 1 aromatic heterocycles. The zero-order valence-corrected chi connectivity index (χ0v) is 17.2. The van der Waals surface area contributed by atoms with Crippen molar-refractivity contribution in [1.29, 1.82) is 0 Å². The average Bonchev–Trinajstić information content (AvgIpc) is 2.84. The van der Waals surface area contributed by atoms with Gasteiger partial charge in [-0.2, -0.15) is 0 Å². The van der Waals surface area contributed by atoms with Gasteiger partial charge in [0.2, 0.25) is 0 Å². The number of nitrogens with zero attached hydrogens (tertiary/aromatic N) is 3. The van der Waals surface area contributed by atoms with Crippen molar-refractivity contribution in [3.63, 3.8) is 0 Å². The van der Waals surface area contributed by atoms with Crippen LogP contribution in [0.15, 0.2) is 42.5 Å². The Kier molecular flexibility index (Phi) is 5.96. The minimum absolute atomic E-state index is 0.650. The number of rotatable bonds is 6. The molecule has 1 fully saturated rings. The third kappa shape index (κ3) is 4.39. The quantitative estimate of drug-likeness (QED) is 0.598. The van der Waals surface area contributed by atoms with Gasteiger partial charge in [0.05, 0.1) is 24.1 Å². The Morgan fingerprint density at radius 1 is 0.964 bits per heavy atom. The van der Waals surface area contributed by atoms with E-state index in [0.29, 0.717) is 6.61 Å². The fourth-order valence-electron chi connectivity index (χ4n) is 4.20. The molecule has 0 saturated carbocycles. The summed E-state index contributed by atoms with van der Waals surface area (Å²) < 4.78 is 8.47. The Bertz CT molecular complexity index is 923. The van der Waals surface area contributed by atoms with Gasteiger partial charge in [0.15, 0.2) is 0 Å². The summed E-state index contributed by atoms with van der Waals surface area (Å²) >= 11 is 0. The zero-order chi connectivity index (χ0) is 19.3. The average molecular weight is 378 g/mol. The predicted octanol–water partition coefficient (Wildman–Crippen LogP) is 5.11. The molecule has 1 aliphatic rings. The number of imidazole rings is 1. The van der Waals surface area contributed by atoms with Crippen LogP contribution in [0.4, 0.5) is 0 Å². The van der Waals surface area contributed by atoms with E-state index < -0.39 is 0 Å². The molecule has 4 heteroatoms. The summed E-state index contributed by atoms with van der Waals surface area (Å²) in [6, 6.07) is 14.8. The molecule has 0 aliphatic carbocycles. The van der Waals surface area contributed by atoms with E-state index in [2.05, 4.69) is 65.8 Å². The molecule has 4 nitrogen and oxygen atoms in total. The maximum absolute atomic E-state index is 6.12. The molecule has 0 atom stereocenters. The third-order valence-corrected chi connectivity index (χ3v) is 5.70. The molecule has 0 N–H and O–H groups in total. The fraction of sp³-hybridized carbons (Fsp3) is 0.458. The summed E-state index contributed by atoms with van der Waals surface area (Å²) in [5.74, 6) is 2.14. The van der Waals surface area contributed by atoms with Crippen LogP contribution < -0.4 is 4.74 Å². The second-order valence-corrected chi connectivity index (χ2v) is 7.98. The van der Waals surface area contributed by atoms with Crippen molar-refractivity contribution in [2.24, 2.45) is 0 Å². The van der Waals surface area contributed by atoms with Crippen LogP contribution in [-0.2, 0) is 13.1 Å². The summed E-state index contributed by atoms with van der Waals surface area (Å²) in [6.45, 7) is 8.99. The van der Waals surface area contributed by atoms with Gasteiger partial charge >= 0.3 is 0 Å². The van der Waals surface area contributed by atoms with Crippen LogP contribution in [0.1, 0.15) is 42.6 Å². The van der Waals surface area contributed by atoms with Crippen LogP contribution in [0.5, 0.6) is 5.75 Å². The van der Waals surface area contributed by atoms with Gasteiger partial charge in [0, 0.05) is 0 Å². The molecule has 2 aromatic carbocycles. The van der Waals surface area contributed by atoms with Crippen molar-refractivity contribution in [2.45, 2.75) is 52.6 Å². The first-order valence-electron chi connectivity index (χ1n) is 10.6. The SMILES string of the molecule is Cc1ccc(OCCn2c(CN3CCCCCC3)nc3ccccc32)c(C)c1. The zero-order valence-electron chi connectivity index (χ0n) is 17.2. The molecule has 0 radical (unpaired) electrons. The first-order chi connectivity index (χ1) is 13.7. The Labute approximate surface area is 168 Å². The van der Waals surface area contributed by atoms with Gasteiger partial charge in [0.1, 0.15) is 18.2 Å². The van der Waals surface area contributed by atoms with E-state index in [9.17, 15) is 0 Å². The summed E-state index contributed by atoms with van der Waals surface area (Å²) in [6.07, 6.45) is 5.32. The Morgan fingerprint density at radius 2 is 1.75 bits per heavy atom.